The van der Waals surface area contributed by atoms with Gasteiger partial charge < -0.3 is 15.3 Å². The summed E-state index contributed by atoms with van der Waals surface area (Å²) < 4.78 is 1.45. The third-order valence-corrected chi connectivity index (χ3v) is 7.60. The number of nitrogens with one attached hydrogen (secondary N) is 2. The third kappa shape index (κ3) is 7.36. The average Bonchev–Trinajstić information content (AvgIpc) is 3.72. The molecule has 1 aliphatic heterocycles. The Balaban J connectivity index is 1.44. The zero-order valence-corrected chi connectivity index (χ0v) is 25.0. The molecule has 1 aliphatic rings. The van der Waals surface area contributed by atoms with Gasteiger partial charge in [0.05, 0.1) is 23.8 Å². The molecule has 44 heavy (non-hydrogen) atoms. The highest BCUT2D eigenvalue weighted by molar-refractivity contribution is 6.31. The number of amides is 3. The lowest BCUT2D eigenvalue weighted by Gasteiger charge is -2.23. The number of likely N-dealkylation sites (tertiary alicyclic amines) is 1. The number of aryl methyl sites for hydroxylation is 1. The molecule has 1 atom stereocenters. The van der Waals surface area contributed by atoms with Crippen molar-refractivity contribution in [3.8, 4) is 16.9 Å². The van der Waals surface area contributed by atoms with E-state index in [1.54, 1.807) is 60.4 Å². The summed E-state index contributed by atoms with van der Waals surface area (Å²) in [6, 6.07) is 11.0. The molecule has 3 amide bonds. The molecule has 0 bridgehead atoms. The van der Waals surface area contributed by atoms with E-state index in [9.17, 15) is 14.4 Å². The molecule has 0 saturated carbocycles. The van der Waals surface area contributed by atoms with Crippen molar-refractivity contribution in [1.82, 2.24) is 40.6 Å². The van der Waals surface area contributed by atoms with Gasteiger partial charge in [0.15, 0.2) is 5.15 Å². The van der Waals surface area contributed by atoms with Gasteiger partial charge in [0.25, 0.3) is 0 Å². The van der Waals surface area contributed by atoms with Gasteiger partial charge in [-0.15, -0.1) is 15.3 Å². The summed E-state index contributed by atoms with van der Waals surface area (Å²) in [6.07, 6.45) is 4.95. The number of benzene rings is 2. The number of rotatable bonds is 9. The summed E-state index contributed by atoms with van der Waals surface area (Å²) in [7, 11) is 0. The smallest absolute Gasteiger partial charge is 0.409 e. The number of carbonyl (C=O) groups is 3. The molecule has 1 fully saturated rings. The first-order valence-electron chi connectivity index (χ1n) is 13.6. The molecule has 1 saturated heterocycles. The van der Waals surface area contributed by atoms with Gasteiger partial charge in [-0.1, -0.05) is 29.3 Å². The van der Waals surface area contributed by atoms with Crippen LogP contribution in [0.4, 0.5) is 10.5 Å². The molecule has 2 aromatic carbocycles. The van der Waals surface area contributed by atoms with Crippen molar-refractivity contribution < 1.29 is 19.5 Å². The van der Waals surface area contributed by atoms with Gasteiger partial charge in [0, 0.05) is 46.6 Å². The van der Waals surface area contributed by atoms with Gasteiger partial charge in [0.1, 0.15) is 6.33 Å². The van der Waals surface area contributed by atoms with Crippen LogP contribution in [0.2, 0.25) is 10.2 Å². The number of carbonyl (C=O) groups excluding carboxylic acids is 2. The van der Waals surface area contributed by atoms with E-state index in [-0.39, 0.29) is 17.5 Å². The predicted molar refractivity (Wildman–Crippen MR) is 163 cm³/mol. The van der Waals surface area contributed by atoms with E-state index < -0.39 is 18.0 Å². The number of halogens is 2. The highest BCUT2D eigenvalue weighted by Gasteiger charge is 2.26. The molecule has 0 radical (unpaired) electrons. The fourth-order valence-corrected chi connectivity index (χ4v) is 5.29. The van der Waals surface area contributed by atoms with E-state index in [4.69, 9.17) is 28.3 Å². The van der Waals surface area contributed by atoms with Crippen molar-refractivity contribution in [1.29, 1.82) is 0 Å². The van der Waals surface area contributed by atoms with Crippen LogP contribution in [-0.4, -0.2) is 71.4 Å². The van der Waals surface area contributed by atoms with Crippen LogP contribution in [0.3, 0.4) is 0 Å². The molecule has 0 spiro atoms. The third-order valence-electron chi connectivity index (χ3n) is 7.07. The van der Waals surface area contributed by atoms with E-state index in [0.29, 0.717) is 57.4 Å². The number of hydrogen-bond donors (Lipinski definition) is 3. The van der Waals surface area contributed by atoms with Gasteiger partial charge in [-0.05, 0) is 78.2 Å². The van der Waals surface area contributed by atoms with Crippen molar-refractivity contribution in [2.24, 2.45) is 0 Å². The normalized spacial score (nSPS) is 13.7. The zero-order chi connectivity index (χ0) is 31.2. The molecule has 5 rings (SSSR count). The minimum atomic E-state index is -1.17. The summed E-state index contributed by atoms with van der Waals surface area (Å²) in [5, 5.41) is 34.3. The van der Waals surface area contributed by atoms with Gasteiger partial charge in [-0.3, -0.25) is 14.9 Å². The number of tetrazole rings is 1. The maximum atomic E-state index is 13.3. The van der Waals surface area contributed by atoms with E-state index in [0.717, 1.165) is 12.8 Å². The Hall–Kier alpha value is -4.88. The summed E-state index contributed by atoms with van der Waals surface area (Å²) in [6.45, 7) is 3.06. The lowest BCUT2D eigenvalue weighted by atomic mass is 10.0. The number of hydrogen-bond acceptors (Lipinski definition) is 8. The number of carboxylic acid groups (broad SMARTS) is 1. The van der Waals surface area contributed by atoms with Crippen LogP contribution in [-0.2, 0) is 9.59 Å². The molecule has 15 heteroatoms. The lowest BCUT2D eigenvalue weighted by Crippen LogP contribution is -2.35. The monoisotopic (exact) mass is 635 g/mol. The first kappa shape index (κ1) is 30.6. The molecule has 1 unspecified atom stereocenters. The second-order valence-corrected chi connectivity index (χ2v) is 10.9. The van der Waals surface area contributed by atoms with Crippen molar-refractivity contribution in [3.05, 3.63) is 81.7 Å². The number of aromatic nitrogens is 6. The van der Waals surface area contributed by atoms with Crippen LogP contribution < -0.4 is 10.6 Å². The van der Waals surface area contributed by atoms with Crippen LogP contribution in [0.25, 0.3) is 23.0 Å². The fourth-order valence-electron chi connectivity index (χ4n) is 4.89. The number of nitrogens with zero attached hydrogens (tertiary/aromatic N) is 7. The second kappa shape index (κ2) is 13.6. The maximum Gasteiger partial charge on any atom is 0.409 e. The molecule has 3 heterocycles. The van der Waals surface area contributed by atoms with E-state index in [1.807, 2.05) is 0 Å². The Morgan fingerprint density at radius 3 is 2.57 bits per heavy atom. The maximum absolute atomic E-state index is 13.3. The SMILES string of the molecule is Cc1cc(-c2cc(C(CC(=O)N3CCCC3)NC(=O)C=Cc3cc(Cl)ccc3-n3cnnn3)c(Cl)nn2)ccc1NC(=O)O. The Kier molecular flexibility index (Phi) is 9.46. The van der Waals surface area contributed by atoms with Gasteiger partial charge in [0.2, 0.25) is 11.8 Å². The summed E-state index contributed by atoms with van der Waals surface area (Å²) in [5.41, 5.74) is 3.79. The zero-order valence-electron chi connectivity index (χ0n) is 23.4. The van der Waals surface area contributed by atoms with E-state index in [1.165, 1.54) is 17.1 Å². The van der Waals surface area contributed by atoms with Gasteiger partial charge in [-0.2, -0.15) is 4.68 Å². The van der Waals surface area contributed by atoms with Crippen molar-refractivity contribution in [3.63, 3.8) is 0 Å². The summed E-state index contributed by atoms with van der Waals surface area (Å²) >= 11 is 12.7. The molecule has 3 N–H and O–H groups in total. The van der Waals surface area contributed by atoms with E-state index >= 15 is 0 Å². The predicted octanol–water partition coefficient (Wildman–Crippen LogP) is 4.71. The highest BCUT2D eigenvalue weighted by atomic mass is 35.5. The van der Waals surface area contributed by atoms with Gasteiger partial charge in [-0.25, -0.2) is 4.79 Å². The molecule has 2 aromatic heterocycles. The van der Waals surface area contributed by atoms with Crippen LogP contribution in [0.15, 0.2) is 54.9 Å². The van der Waals surface area contributed by atoms with Crippen LogP contribution in [0.5, 0.6) is 0 Å². The fraction of sp³-hybridized carbons (Fsp3) is 0.241. The first-order chi connectivity index (χ1) is 21.2. The minimum Gasteiger partial charge on any atom is -0.465 e. The topological polar surface area (TPSA) is 168 Å². The minimum absolute atomic E-state index is 0.0361. The quantitative estimate of drug-likeness (QED) is 0.221. The van der Waals surface area contributed by atoms with Gasteiger partial charge >= 0.3 is 6.09 Å². The molecule has 226 valence electrons. The summed E-state index contributed by atoms with van der Waals surface area (Å²) in [4.78, 5) is 39.4. The molecule has 4 aromatic rings. The molecular weight excluding hydrogens is 609 g/mol. The number of anilines is 1. The van der Waals surface area contributed by atoms with Crippen LogP contribution in [0.1, 0.15) is 42.0 Å². The van der Waals surface area contributed by atoms with Crippen molar-refractivity contribution in [2.45, 2.75) is 32.2 Å². The Morgan fingerprint density at radius 1 is 1.07 bits per heavy atom. The first-order valence-corrected chi connectivity index (χ1v) is 14.4. The molecule has 13 nitrogen and oxygen atoms in total. The highest BCUT2D eigenvalue weighted by Crippen LogP contribution is 2.30. The second-order valence-electron chi connectivity index (χ2n) is 10.1. The Morgan fingerprint density at radius 2 is 1.86 bits per heavy atom. The van der Waals surface area contributed by atoms with Crippen LogP contribution >= 0.6 is 23.2 Å². The molecule has 0 aliphatic carbocycles. The Bertz CT molecular complexity index is 1720. The largest absolute Gasteiger partial charge is 0.465 e. The van der Waals surface area contributed by atoms with Crippen molar-refractivity contribution >= 4 is 52.9 Å². The summed E-state index contributed by atoms with van der Waals surface area (Å²) in [5.74, 6) is -0.608. The standard InChI is InChI=1S/C29H27Cl2N9O4/c1-17-12-18(4-7-22(17)34-29(43)44)23-14-21(28(31)36-35-23)24(15-27(42)39-10-2-3-11-39)33-26(41)9-5-19-13-20(30)6-8-25(19)40-16-32-37-38-40/h4-9,12-14,16,24,34H,2-3,10-11,15H2,1H3,(H,33,41)(H,43,44). The average molecular weight is 636 g/mol. The van der Waals surface area contributed by atoms with Crippen LogP contribution in [0, 0.1) is 6.92 Å². The van der Waals surface area contributed by atoms with Crippen molar-refractivity contribution in [2.75, 3.05) is 18.4 Å². The Labute approximate surface area is 261 Å². The lowest BCUT2D eigenvalue weighted by molar-refractivity contribution is -0.130. The molecular formula is C29H27Cl2N9O4. The van der Waals surface area contributed by atoms with E-state index in [2.05, 4.69) is 36.4 Å².